The zero-order valence-electron chi connectivity index (χ0n) is 8.22. The van der Waals surface area contributed by atoms with Gasteiger partial charge in [0.1, 0.15) is 0 Å². The average molecular weight is 168 g/mol. The van der Waals surface area contributed by atoms with E-state index in [1.807, 2.05) is 0 Å². The lowest BCUT2D eigenvalue weighted by Gasteiger charge is -2.17. The van der Waals surface area contributed by atoms with E-state index in [0.717, 1.165) is 0 Å². The molecule has 0 unspecified atom stereocenters. The van der Waals surface area contributed by atoms with E-state index in [1.165, 1.54) is 12.5 Å². The lowest BCUT2D eigenvalue weighted by atomic mass is 10.6. The van der Waals surface area contributed by atoms with Gasteiger partial charge in [0.15, 0.2) is 0 Å². The summed E-state index contributed by atoms with van der Waals surface area (Å²) in [5.41, 5.74) is 4.83. The lowest BCUT2D eigenvalue weighted by Crippen LogP contribution is -2.24. The van der Waals surface area contributed by atoms with Crippen LogP contribution in [-0.4, -0.2) is 8.07 Å². The summed E-state index contributed by atoms with van der Waals surface area (Å²) < 4.78 is 0. The zero-order valence-corrected chi connectivity index (χ0v) is 9.22. The van der Waals surface area contributed by atoms with Crippen molar-refractivity contribution >= 4 is 8.07 Å². The van der Waals surface area contributed by atoms with Crippen molar-refractivity contribution in [3.05, 3.63) is 23.6 Å². The molecule has 1 heteroatoms. The summed E-state index contributed by atoms with van der Waals surface area (Å²) in [7, 11) is -1.11. The molecule has 0 aliphatic heterocycles. The van der Waals surface area contributed by atoms with Gasteiger partial charge in [-0.15, -0.1) is 0 Å². The van der Waals surface area contributed by atoms with Crippen molar-refractivity contribution in [3.8, 4) is 0 Å². The smallest absolute Gasteiger partial charge is 0.0952 e. The molecule has 0 spiro atoms. The maximum atomic E-state index is 2.41. The normalized spacial score (nSPS) is 17.8. The van der Waals surface area contributed by atoms with Gasteiger partial charge in [-0.3, -0.25) is 0 Å². The number of rotatable bonds is 4. The maximum absolute atomic E-state index is 2.41. The van der Waals surface area contributed by atoms with Gasteiger partial charge in [-0.25, -0.2) is 0 Å². The molecular weight excluding hydrogens is 148 g/mol. The summed E-state index contributed by atoms with van der Waals surface area (Å²) >= 11 is 0. The Morgan fingerprint density at radius 3 is 1.82 bits per heavy atom. The highest BCUT2D eigenvalue weighted by molar-refractivity contribution is 6.87. The topological polar surface area (TPSA) is 0 Å². The van der Waals surface area contributed by atoms with E-state index >= 15 is 0 Å². The molecule has 0 rings (SSSR count). The summed E-state index contributed by atoms with van der Waals surface area (Å²) in [6.45, 7) is 8.91. The molecule has 0 saturated carbocycles. The molecule has 11 heavy (non-hydrogen) atoms. The predicted molar refractivity (Wildman–Crippen MR) is 56.3 cm³/mol. The van der Waals surface area contributed by atoms with Crippen LogP contribution in [-0.2, 0) is 0 Å². The Balaban J connectivity index is 4.24. The Bertz CT molecular complexity index is 133. The van der Waals surface area contributed by atoms with Gasteiger partial charge in [0, 0.05) is 0 Å². The minimum atomic E-state index is -1.11. The summed E-state index contributed by atoms with van der Waals surface area (Å²) in [5.74, 6) is 0. The van der Waals surface area contributed by atoms with E-state index in [2.05, 4.69) is 50.9 Å². The van der Waals surface area contributed by atoms with Crippen LogP contribution in [0.3, 0.4) is 0 Å². The van der Waals surface area contributed by atoms with Crippen LogP contribution in [0, 0.1) is 0 Å². The van der Waals surface area contributed by atoms with Gasteiger partial charge in [-0.2, -0.15) is 0 Å². The molecule has 0 N–H and O–H groups in total. The van der Waals surface area contributed by atoms with Crippen LogP contribution in [0.4, 0.5) is 0 Å². The van der Waals surface area contributed by atoms with Crippen molar-refractivity contribution in [2.45, 2.75) is 39.8 Å². The molecule has 0 aliphatic rings. The van der Waals surface area contributed by atoms with Gasteiger partial charge in [-0.1, -0.05) is 49.5 Å². The Kier molecular flexibility index (Phi) is 5.21. The molecule has 0 bridgehead atoms. The van der Waals surface area contributed by atoms with Gasteiger partial charge >= 0.3 is 0 Å². The van der Waals surface area contributed by atoms with Crippen molar-refractivity contribution < 1.29 is 0 Å². The second-order valence-corrected chi connectivity index (χ2v) is 7.43. The summed E-state index contributed by atoms with van der Waals surface area (Å²) in [4.78, 5) is 0. The molecule has 0 amide bonds. The number of hydrogen-bond donors (Lipinski definition) is 0. The minimum Gasteiger partial charge on any atom is -0.0952 e. The van der Waals surface area contributed by atoms with E-state index < -0.39 is 8.07 Å². The largest absolute Gasteiger partial charge is 0.0978 e. The molecule has 0 saturated heterocycles. The lowest BCUT2D eigenvalue weighted by molar-refractivity contribution is 1.06. The molecule has 64 valence electrons. The first kappa shape index (κ1) is 10.7. The number of allylic oxidation sites excluding steroid dienone is 2. The molecule has 0 aromatic heterocycles. The second kappa shape index (κ2) is 5.36. The second-order valence-electron chi connectivity index (χ2n) is 3.26. The molecule has 0 atom stereocenters. The van der Waals surface area contributed by atoms with Crippen molar-refractivity contribution in [1.29, 1.82) is 0 Å². The Labute approximate surface area is 72.0 Å². The first-order valence-corrected chi connectivity index (χ1v) is 7.32. The molecule has 0 nitrogen and oxygen atoms in total. The van der Waals surface area contributed by atoms with Crippen molar-refractivity contribution in [1.82, 2.24) is 0 Å². The first-order valence-electron chi connectivity index (χ1n) is 4.46. The molecule has 0 radical (unpaired) electrons. The van der Waals surface area contributed by atoms with Crippen LogP contribution in [0.5, 0.6) is 0 Å². The summed E-state index contributed by atoms with van der Waals surface area (Å²) in [6, 6.07) is 1.38. The standard InChI is InChI=1S/C10H20Si/c1-5-8-11(4,9-6-2)10-7-3/h5-6,8-9H,7,10H2,1-4H3. The molecule has 0 heterocycles. The van der Waals surface area contributed by atoms with E-state index in [1.54, 1.807) is 0 Å². The van der Waals surface area contributed by atoms with Crippen LogP contribution in [0.25, 0.3) is 0 Å². The van der Waals surface area contributed by atoms with Gasteiger partial charge in [0.2, 0.25) is 0 Å². The van der Waals surface area contributed by atoms with E-state index in [4.69, 9.17) is 0 Å². The Morgan fingerprint density at radius 2 is 1.55 bits per heavy atom. The quantitative estimate of drug-likeness (QED) is 0.561. The molecule has 0 aromatic carbocycles. The van der Waals surface area contributed by atoms with Crippen molar-refractivity contribution in [2.24, 2.45) is 0 Å². The zero-order chi connectivity index (χ0) is 8.74. The summed E-state index contributed by atoms with van der Waals surface area (Å²) in [6.07, 6.45) is 5.70. The highest BCUT2D eigenvalue weighted by Crippen LogP contribution is 2.15. The molecule has 0 fully saturated rings. The third kappa shape index (κ3) is 4.20. The number of hydrogen-bond acceptors (Lipinski definition) is 0. The fourth-order valence-electron chi connectivity index (χ4n) is 1.52. The van der Waals surface area contributed by atoms with Crippen LogP contribution in [0.2, 0.25) is 12.6 Å². The molecule has 0 aromatic rings. The Morgan fingerprint density at radius 1 is 1.09 bits per heavy atom. The Hall–Kier alpha value is -0.303. The van der Waals surface area contributed by atoms with Crippen molar-refractivity contribution in [3.63, 3.8) is 0 Å². The molecule has 0 aliphatic carbocycles. The van der Waals surface area contributed by atoms with Gasteiger partial charge in [-0.05, 0) is 13.8 Å². The van der Waals surface area contributed by atoms with Crippen molar-refractivity contribution in [2.75, 3.05) is 0 Å². The predicted octanol–water partition coefficient (Wildman–Crippen LogP) is 3.71. The van der Waals surface area contributed by atoms with E-state index in [0.29, 0.717) is 0 Å². The van der Waals surface area contributed by atoms with E-state index in [-0.39, 0.29) is 0 Å². The van der Waals surface area contributed by atoms with E-state index in [9.17, 15) is 0 Å². The van der Waals surface area contributed by atoms with Crippen LogP contribution >= 0.6 is 0 Å². The minimum absolute atomic E-state index is 1.11. The third-order valence-electron chi connectivity index (χ3n) is 1.88. The van der Waals surface area contributed by atoms with Crippen LogP contribution < -0.4 is 0 Å². The monoisotopic (exact) mass is 168 g/mol. The third-order valence-corrected chi connectivity index (χ3v) is 5.65. The first-order chi connectivity index (χ1) is 5.18. The molecular formula is C10H20Si. The van der Waals surface area contributed by atoms with Gasteiger partial charge in [0.25, 0.3) is 0 Å². The average Bonchev–Trinajstić information content (AvgIpc) is 1.88. The summed E-state index contributed by atoms with van der Waals surface area (Å²) in [5, 5.41) is 0. The van der Waals surface area contributed by atoms with Crippen LogP contribution in [0.1, 0.15) is 27.2 Å². The fourth-order valence-corrected chi connectivity index (χ4v) is 4.57. The highest BCUT2D eigenvalue weighted by atomic mass is 28.3. The highest BCUT2D eigenvalue weighted by Gasteiger charge is 2.17. The fraction of sp³-hybridized carbons (Fsp3) is 0.600. The SMILES string of the molecule is CC=C[Si](C)(C=CC)CCC. The van der Waals surface area contributed by atoms with Crippen LogP contribution in [0.15, 0.2) is 23.6 Å². The van der Waals surface area contributed by atoms with Gasteiger partial charge < -0.3 is 0 Å². The maximum Gasteiger partial charge on any atom is 0.0978 e. The van der Waals surface area contributed by atoms with Gasteiger partial charge in [0.05, 0.1) is 8.07 Å².